The molecule has 0 radical (unpaired) electrons. The van der Waals surface area contributed by atoms with Crippen LogP contribution in [0.3, 0.4) is 0 Å². The van der Waals surface area contributed by atoms with Gasteiger partial charge in [-0.05, 0) is 36.8 Å². The topological polar surface area (TPSA) is 24.5 Å². The van der Waals surface area contributed by atoms with Crippen LogP contribution in [0.15, 0.2) is 54.6 Å². The van der Waals surface area contributed by atoms with Gasteiger partial charge in [0, 0.05) is 24.8 Å². The molecule has 2 aromatic rings. The van der Waals surface area contributed by atoms with Crippen molar-refractivity contribution in [1.29, 1.82) is 0 Å². The van der Waals surface area contributed by atoms with Gasteiger partial charge in [-0.3, -0.25) is 0 Å². The fourth-order valence-electron chi connectivity index (χ4n) is 2.94. The van der Waals surface area contributed by atoms with Gasteiger partial charge < -0.3 is 15.0 Å². The Bertz CT molecular complexity index is 568. The van der Waals surface area contributed by atoms with Crippen molar-refractivity contribution >= 4 is 5.69 Å². The van der Waals surface area contributed by atoms with E-state index in [1.807, 2.05) is 12.1 Å². The van der Waals surface area contributed by atoms with Crippen LogP contribution in [-0.4, -0.2) is 26.2 Å². The second kappa shape index (κ2) is 6.19. The molecule has 1 aliphatic heterocycles. The molecule has 0 bridgehead atoms. The number of methoxy groups -OCH3 is 1. The Kier molecular flexibility index (Phi) is 4.11. The Morgan fingerprint density at radius 3 is 2.43 bits per heavy atom. The van der Waals surface area contributed by atoms with Gasteiger partial charge in [-0.15, -0.1) is 0 Å². The second-order valence-electron chi connectivity index (χ2n) is 5.59. The average molecular weight is 282 g/mol. The van der Waals surface area contributed by atoms with Crippen LogP contribution >= 0.6 is 0 Å². The molecular formula is C18H22N2O. The predicted molar refractivity (Wildman–Crippen MR) is 87.0 cm³/mol. The summed E-state index contributed by atoms with van der Waals surface area (Å²) in [5, 5.41) is 3.59. The minimum Gasteiger partial charge on any atom is -0.497 e. The van der Waals surface area contributed by atoms with Crippen molar-refractivity contribution < 1.29 is 4.74 Å². The summed E-state index contributed by atoms with van der Waals surface area (Å²) < 4.78 is 5.26. The summed E-state index contributed by atoms with van der Waals surface area (Å²) >= 11 is 0. The van der Waals surface area contributed by atoms with Crippen LogP contribution in [0.5, 0.6) is 5.75 Å². The lowest BCUT2D eigenvalue weighted by Gasteiger charge is -2.41. The third-order valence-electron chi connectivity index (χ3n) is 4.09. The summed E-state index contributed by atoms with van der Waals surface area (Å²) in [5.74, 6) is 0.901. The number of hydrogen-bond acceptors (Lipinski definition) is 3. The largest absolute Gasteiger partial charge is 0.497 e. The first-order valence-corrected chi connectivity index (χ1v) is 7.47. The number of hydrogen-bond donors (Lipinski definition) is 1. The zero-order valence-corrected chi connectivity index (χ0v) is 12.6. The molecule has 3 heteroatoms. The van der Waals surface area contributed by atoms with Crippen LogP contribution < -0.4 is 15.0 Å². The molecule has 21 heavy (non-hydrogen) atoms. The normalized spacial score (nSPS) is 22.1. The fourth-order valence-corrected chi connectivity index (χ4v) is 2.94. The highest BCUT2D eigenvalue weighted by molar-refractivity contribution is 5.52. The van der Waals surface area contributed by atoms with Crippen molar-refractivity contribution in [3.05, 3.63) is 60.2 Å². The molecule has 1 saturated heterocycles. The van der Waals surface area contributed by atoms with Crippen LogP contribution in [0.4, 0.5) is 5.69 Å². The van der Waals surface area contributed by atoms with E-state index < -0.39 is 0 Å². The number of benzene rings is 2. The van der Waals surface area contributed by atoms with Crippen LogP contribution in [0, 0.1) is 0 Å². The lowest BCUT2D eigenvalue weighted by atomic mass is 10.0. The van der Waals surface area contributed by atoms with Crippen molar-refractivity contribution in [2.45, 2.75) is 19.0 Å². The van der Waals surface area contributed by atoms with Gasteiger partial charge in [0.05, 0.1) is 13.2 Å². The molecule has 3 rings (SSSR count). The van der Waals surface area contributed by atoms with Gasteiger partial charge in [0.1, 0.15) is 5.75 Å². The lowest BCUT2D eigenvalue weighted by molar-refractivity contribution is 0.411. The molecule has 0 saturated carbocycles. The molecule has 0 aliphatic carbocycles. The third kappa shape index (κ3) is 3.03. The number of piperazine rings is 1. The van der Waals surface area contributed by atoms with E-state index in [1.165, 1.54) is 11.3 Å². The van der Waals surface area contributed by atoms with Gasteiger partial charge in [0.25, 0.3) is 0 Å². The first-order chi connectivity index (χ1) is 10.3. The molecule has 3 nitrogen and oxygen atoms in total. The van der Waals surface area contributed by atoms with E-state index >= 15 is 0 Å². The lowest BCUT2D eigenvalue weighted by Crippen LogP contribution is -2.51. The summed E-state index contributed by atoms with van der Waals surface area (Å²) in [7, 11) is 1.70. The minimum atomic E-state index is 0.371. The van der Waals surface area contributed by atoms with E-state index in [2.05, 4.69) is 59.6 Å². The van der Waals surface area contributed by atoms with E-state index in [-0.39, 0.29) is 0 Å². The Balaban J connectivity index is 1.90. The zero-order chi connectivity index (χ0) is 14.7. The maximum Gasteiger partial charge on any atom is 0.119 e. The van der Waals surface area contributed by atoms with Crippen molar-refractivity contribution in [2.75, 3.05) is 25.1 Å². The van der Waals surface area contributed by atoms with E-state index in [1.54, 1.807) is 7.11 Å². The molecule has 0 aromatic heterocycles. The van der Waals surface area contributed by atoms with Crippen molar-refractivity contribution in [3.8, 4) is 5.75 Å². The molecule has 110 valence electrons. The molecule has 1 aliphatic rings. The van der Waals surface area contributed by atoms with Gasteiger partial charge in [-0.2, -0.15) is 0 Å². The molecular weight excluding hydrogens is 260 g/mol. The van der Waals surface area contributed by atoms with Crippen LogP contribution in [-0.2, 0) is 0 Å². The van der Waals surface area contributed by atoms with E-state index in [4.69, 9.17) is 4.74 Å². The third-order valence-corrected chi connectivity index (χ3v) is 4.09. The van der Waals surface area contributed by atoms with Crippen LogP contribution in [0.1, 0.15) is 18.5 Å². The Morgan fingerprint density at radius 1 is 1.05 bits per heavy atom. The van der Waals surface area contributed by atoms with Crippen molar-refractivity contribution in [2.24, 2.45) is 0 Å². The van der Waals surface area contributed by atoms with E-state index in [0.717, 1.165) is 18.8 Å². The maximum absolute atomic E-state index is 5.26. The Hall–Kier alpha value is -2.00. The van der Waals surface area contributed by atoms with Crippen molar-refractivity contribution in [1.82, 2.24) is 5.32 Å². The summed E-state index contributed by atoms with van der Waals surface area (Å²) in [6, 6.07) is 19.9. The summed E-state index contributed by atoms with van der Waals surface area (Å²) in [5.41, 5.74) is 2.60. The number of nitrogens with one attached hydrogen (secondary N) is 1. The quantitative estimate of drug-likeness (QED) is 0.935. The first-order valence-electron chi connectivity index (χ1n) is 7.47. The Morgan fingerprint density at radius 2 is 1.76 bits per heavy atom. The summed E-state index contributed by atoms with van der Waals surface area (Å²) in [4.78, 5) is 2.48. The number of ether oxygens (including phenoxy) is 1. The van der Waals surface area contributed by atoms with E-state index in [9.17, 15) is 0 Å². The van der Waals surface area contributed by atoms with Crippen LogP contribution in [0.2, 0.25) is 0 Å². The highest BCUT2D eigenvalue weighted by atomic mass is 16.5. The maximum atomic E-state index is 5.26. The molecule has 2 atom stereocenters. The standard InChI is InChI=1S/C18H22N2O/c1-14-13-20(16-8-10-17(21-2)11-9-16)18(12-19-14)15-6-4-3-5-7-15/h3-11,14,18-19H,12-13H2,1-2H3. The summed E-state index contributed by atoms with van der Waals surface area (Å²) in [6.07, 6.45) is 0. The van der Waals surface area contributed by atoms with Crippen molar-refractivity contribution in [3.63, 3.8) is 0 Å². The van der Waals surface area contributed by atoms with Gasteiger partial charge in [-0.1, -0.05) is 30.3 Å². The second-order valence-corrected chi connectivity index (χ2v) is 5.59. The molecule has 0 amide bonds. The van der Waals surface area contributed by atoms with Gasteiger partial charge >= 0.3 is 0 Å². The molecule has 2 aromatic carbocycles. The van der Waals surface area contributed by atoms with E-state index in [0.29, 0.717) is 12.1 Å². The first kappa shape index (κ1) is 14.0. The molecule has 2 unspecified atom stereocenters. The number of nitrogens with zero attached hydrogens (tertiary/aromatic N) is 1. The number of rotatable bonds is 3. The highest BCUT2D eigenvalue weighted by Gasteiger charge is 2.27. The molecule has 1 heterocycles. The SMILES string of the molecule is COc1ccc(N2CC(C)NCC2c2ccccc2)cc1. The minimum absolute atomic E-state index is 0.371. The fraction of sp³-hybridized carbons (Fsp3) is 0.333. The van der Waals surface area contributed by atoms with Gasteiger partial charge in [0.15, 0.2) is 0 Å². The number of anilines is 1. The predicted octanol–water partition coefficient (Wildman–Crippen LogP) is 3.23. The Labute approximate surface area is 126 Å². The molecule has 0 spiro atoms. The summed E-state index contributed by atoms with van der Waals surface area (Å²) in [6.45, 7) is 4.21. The smallest absolute Gasteiger partial charge is 0.119 e. The molecule has 1 fully saturated rings. The molecule has 1 N–H and O–H groups in total. The van der Waals surface area contributed by atoms with Crippen LogP contribution in [0.25, 0.3) is 0 Å². The zero-order valence-electron chi connectivity index (χ0n) is 12.6. The average Bonchev–Trinajstić information content (AvgIpc) is 2.56. The van der Waals surface area contributed by atoms with Gasteiger partial charge in [0.2, 0.25) is 0 Å². The highest BCUT2D eigenvalue weighted by Crippen LogP contribution is 2.30. The van der Waals surface area contributed by atoms with Gasteiger partial charge in [-0.25, -0.2) is 0 Å². The monoisotopic (exact) mass is 282 g/mol.